The number of fused-ring (bicyclic) bond motifs is 4. The number of anilines is 1. The van der Waals surface area contributed by atoms with Crippen molar-refractivity contribution in [2.75, 3.05) is 12.3 Å². The first kappa shape index (κ1) is 18.1. The van der Waals surface area contributed by atoms with E-state index in [2.05, 4.69) is 4.98 Å². The zero-order chi connectivity index (χ0) is 20.2. The largest absolute Gasteiger partial charge is 0.479 e. The maximum absolute atomic E-state index is 13.0. The van der Waals surface area contributed by atoms with Gasteiger partial charge in [-0.25, -0.2) is 9.78 Å². The van der Waals surface area contributed by atoms with E-state index in [1.807, 2.05) is 6.07 Å². The Morgan fingerprint density at radius 2 is 2.14 bits per heavy atom. The van der Waals surface area contributed by atoms with Crippen LogP contribution >= 0.6 is 0 Å². The van der Waals surface area contributed by atoms with Crippen LogP contribution in [0, 0.1) is 5.92 Å². The number of rotatable bonds is 4. The van der Waals surface area contributed by atoms with Gasteiger partial charge in [-0.05, 0) is 36.3 Å². The van der Waals surface area contributed by atoms with E-state index < -0.39 is 30.0 Å². The van der Waals surface area contributed by atoms with Crippen LogP contribution in [0.2, 0.25) is 0 Å². The van der Waals surface area contributed by atoms with Crippen molar-refractivity contribution < 1.29 is 24.9 Å². The summed E-state index contributed by atoms with van der Waals surface area (Å²) in [5.74, 6) is -3.14. The smallest absolute Gasteiger partial charge is 0.340 e. The number of aromatic nitrogens is 2. The lowest BCUT2D eigenvalue weighted by Crippen LogP contribution is -2.46. The predicted octanol–water partition coefficient (Wildman–Crippen LogP) is 1.64. The van der Waals surface area contributed by atoms with Crippen molar-refractivity contribution in [2.24, 2.45) is 5.92 Å². The monoisotopic (exact) mass is 381 g/mol. The molecule has 5 N–H and O–H groups in total. The number of carbonyl (C=O) groups excluding carboxylic acids is 1. The van der Waals surface area contributed by atoms with Gasteiger partial charge in [0.25, 0.3) is 0 Å². The number of aliphatic hydroxyl groups is 2. The second-order valence-corrected chi connectivity index (χ2v) is 6.92. The summed E-state index contributed by atoms with van der Waals surface area (Å²) in [6.45, 7) is 0.894. The van der Waals surface area contributed by atoms with Crippen LogP contribution in [-0.4, -0.2) is 49.0 Å². The Hall–Kier alpha value is -3.23. The first-order valence-corrected chi connectivity index (χ1v) is 8.85. The second kappa shape index (κ2) is 6.15. The highest BCUT2D eigenvalue weighted by Crippen LogP contribution is 2.38. The average molecular weight is 381 g/mol. The van der Waals surface area contributed by atoms with Gasteiger partial charge < -0.3 is 21.1 Å². The fourth-order valence-corrected chi connectivity index (χ4v) is 3.79. The van der Waals surface area contributed by atoms with Crippen LogP contribution in [0.1, 0.15) is 23.8 Å². The van der Waals surface area contributed by atoms with Crippen LogP contribution in [0.3, 0.4) is 0 Å². The molecule has 0 spiro atoms. The van der Waals surface area contributed by atoms with Crippen LogP contribution in [0.4, 0.5) is 5.69 Å². The SMILES string of the molecule is CC[C@@](O)(C(=O)O)C1=Cc2c3nc4cccc(N)c4cc3cn2C(=O)C1CO. The molecule has 1 aliphatic rings. The van der Waals surface area contributed by atoms with Crippen LogP contribution < -0.4 is 5.73 Å². The van der Waals surface area contributed by atoms with Crippen molar-refractivity contribution in [3.05, 3.63) is 41.7 Å². The molecule has 0 saturated carbocycles. The fourth-order valence-electron chi connectivity index (χ4n) is 3.79. The van der Waals surface area contributed by atoms with Gasteiger partial charge in [0.05, 0.1) is 29.3 Å². The second-order valence-electron chi connectivity index (χ2n) is 6.92. The number of hydrogen-bond acceptors (Lipinski definition) is 6. The summed E-state index contributed by atoms with van der Waals surface area (Å²) in [6, 6.07) is 7.13. The van der Waals surface area contributed by atoms with Crippen molar-refractivity contribution >= 4 is 45.4 Å². The lowest BCUT2D eigenvalue weighted by Gasteiger charge is -2.32. The van der Waals surface area contributed by atoms with Gasteiger partial charge in [0.1, 0.15) is 0 Å². The number of aliphatic carboxylic acids is 1. The number of hydrogen-bond donors (Lipinski definition) is 4. The summed E-state index contributed by atoms with van der Waals surface area (Å²) >= 11 is 0. The van der Waals surface area contributed by atoms with E-state index >= 15 is 0 Å². The Labute approximate surface area is 159 Å². The Morgan fingerprint density at radius 3 is 2.79 bits per heavy atom. The highest BCUT2D eigenvalue weighted by Gasteiger charge is 2.46. The number of carboxylic acid groups (broad SMARTS) is 1. The molecule has 4 rings (SSSR count). The number of aliphatic hydroxyl groups excluding tert-OH is 1. The van der Waals surface area contributed by atoms with Gasteiger partial charge in [0.15, 0.2) is 5.60 Å². The molecule has 1 unspecified atom stereocenters. The van der Waals surface area contributed by atoms with E-state index in [1.54, 1.807) is 24.4 Å². The van der Waals surface area contributed by atoms with Crippen molar-refractivity contribution in [3.63, 3.8) is 0 Å². The first-order chi connectivity index (χ1) is 13.3. The zero-order valence-corrected chi connectivity index (χ0v) is 15.1. The minimum atomic E-state index is -2.26. The fraction of sp³-hybridized carbons (Fsp3) is 0.250. The Balaban J connectivity index is 2.05. The van der Waals surface area contributed by atoms with Crippen molar-refractivity contribution in [1.29, 1.82) is 0 Å². The third kappa shape index (κ3) is 2.35. The van der Waals surface area contributed by atoms with Gasteiger partial charge in [-0.1, -0.05) is 13.0 Å². The molecule has 0 radical (unpaired) electrons. The zero-order valence-electron chi connectivity index (χ0n) is 15.1. The lowest BCUT2D eigenvalue weighted by atomic mass is 9.80. The Bertz CT molecular complexity index is 1180. The molecule has 0 bridgehead atoms. The van der Waals surface area contributed by atoms with Crippen LogP contribution in [0.15, 0.2) is 36.0 Å². The van der Waals surface area contributed by atoms with Crippen molar-refractivity contribution in [2.45, 2.75) is 18.9 Å². The molecule has 3 heterocycles. The van der Waals surface area contributed by atoms with Gasteiger partial charge in [-0.3, -0.25) is 9.36 Å². The van der Waals surface area contributed by atoms with Crippen molar-refractivity contribution in [3.8, 4) is 0 Å². The Kier molecular flexibility index (Phi) is 3.99. The quantitative estimate of drug-likeness (QED) is 0.504. The van der Waals surface area contributed by atoms with Crippen molar-refractivity contribution in [1.82, 2.24) is 9.55 Å². The molecule has 8 heteroatoms. The summed E-state index contributed by atoms with van der Waals surface area (Å²) in [5, 5.41) is 31.4. The van der Waals surface area contributed by atoms with Crippen LogP contribution in [0.25, 0.3) is 27.9 Å². The molecule has 1 aromatic carbocycles. The van der Waals surface area contributed by atoms with Gasteiger partial charge >= 0.3 is 5.97 Å². The van der Waals surface area contributed by atoms with Gasteiger partial charge in [-0.15, -0.1) is 0 Å². The maximum Gasteiger partial charge on any atom is 0.340 e. The molecule has 1 aliphatic heterocycles. The number of carboxylic acids is 1. The third-order valence-corrected chi connectivity index (χ3v) is 5.42. The molecule has 28 heavy (non-hydrogen) atoms. The summed E-state index contributed by atoms with van der Waals surface area (Å²) in [7, 11) is 0. The molecule has 3 aromatic rings. The highest BCUT2D eigenvalue weighted by atomic mass is 16.4. The standard InChI is InChI=1S/C20H19N3O5/c1-2-20(28,19(26)27)13-7-16-17-10(8-23(16)18(25)12(13)9-24)6-11-14(21)4-3-5-15(11)22-17/h3-8,12,24,28H,2,9,21H2,1H3,(H,26,27)/t12?,20-/m0/s1. The molecule has 0 aliphatic carbocycles. The van der Waals surface area contributed by atoms with Gasteiger partial charge in [0.2, 0.25) is 5.91 Å². The molecule has 144 valence electrons. The molecule has 2 atom stereocenters. The molecule has 0 saturated heterocycles. The first-order valence-electron chi connectivity index (χ1n) is 8.85. The minimum absolute atomic E-state index is 0.0445. The maximum atomic E-state index is 13.0. The number of pyridine rings is 1. The average Bonchev–Trinajstić information content (AvgIpc) is 3.04. The van der Waals surface area contributed by atoms with E-state index in [1.165, 1.54) is 17.6 Å². The number of nitrogens with zero attached hydrogens (tertiary/aromatic N) is 2. The number of nitrogens with two attached hydrogens (primary N) is 1. The summed E-state index contributed by atoms with van der Waals surface area (Å²) in [4.78, 5) is 29.3. The van der Waals surface area contributed by atoms with E-state index in [-0.39, 0.29) is 12.0 Å². The highest BCUT2D eigenvalue weighted by molar-refractivity contribution is 6.06. The number of nitrogen functional groups attached to an aromatic ring is 1. The van der Waals surface area contributed by atoms with Gasteiger partial charge in [0, 0.05) is 22.7 Å². The van der Waals surface area contributed by atoms with E-state index in [0.29, 0.717) is 27.8 Å². The predicted molar refractivity (Wildman–Crippen MR) is 104 cm³/mol. The Morgan fingerprint density at radius 1 is 1.39 bits per heavy atom. The lowest BCUT2D eigenvalue weighted by molar-refractivity contribution is -0.155. The van der Waals surface area contributed by atoms with Crippen LogP contribution in [0.5, 0.6) is 0 Å². The molecule has 2 aromatic heterocycles. The van der Waals surface area contributed by atoms with E-state index in [4.69, 9.17) is 5.73 Å². The number of benzene rings is 1. The minimum Gasteiger partial charge on any atom is -0.479 e. The van der Waals surface area contributed by atoms with E-state index in [9.17, 15) is 24.9 Å². The normalized spacial score (nSPS) is 18.8. The molecular formula is C20H19N3O5. The third-order valence-electron chi connectivity index (χ3n) is 5.42. The molecule has 8 nitrogen and oxygen atoms in total. The summed E-state index contributed by atoms with van der Waals surface area (Å²) in [5.41, 5.74) is 5.76. The molecular weight excluding hydrogens is 362 g/mol. The number of carbonyl (C=O) groups is 2. The topological polar surface area (TPSA) is 139 Å². The van der Waals surface area contributed by atoms with Gasteiger partial charge in [-0.2, -0.15) is 0 Å². The van der Waals surface area contributed by atoms with Crippen LogP contribution in [-0.2, 0) is 4.79 Å². The molecule has 0 amide bonds. The summed E-state index contributed by atoms with van der Waals surface area (Å²) in [6.07, 6.45) is 2.89. The summed E-state index contributed by atoms with van der Waals surface area (Å²) < 4.78 is 1.34. The molecule has 0 fully saturated rings. The van der Waals surface area contributed by atoms with E-state index in [0.717, 1.165) is 5.39 Å².